The van der Waals surface area contributed by atoms with Crippen molar-refractivity contribution in [3.63, 3.8) is 0 Å². The standard InChI is InChI=1S/C15H10N3/c1-3-13(10-16-6-1)12-5-8-18-15(9-12)14-4-2-7-17-11-14/h1-8,10-11H. The van der Waals surface area contributed by atoms with Crippen molar-refractivity contribution < 1.29 is 0 Å². The van der Waals surface area contributed by atoms with E-state index in [0.717, 1.165) is 22.4 Å². The van der Waals surface area contributed by atoms with Crippen LogP contribution in [0.4, 0.5) is 0 Å². The third kappa shape index (κ3) is 2.11. The maximum atomic E-state index is 4.32. The van der Waals surface area contributed by atoms with Crippen molar-refractivity contribution in [1.82, 2.24) is 15.0 Å². The third-order valence-electron chi connectivity index (χ3n) is 2.61. The fourth-order valence-corrected chi connectivity index (χ4v) is 1.73. The lowest BCUT2D eigenvalue weighted by Gasteiger charge is -2.03. The zero-order chi connectivity index (χ0) is 12.2. The molecule has 0 aliphatic heterocycles. The van der Waals surface area contributed by atoms with Crippen LogP contribution in [0.1, 0.15) is 0 Å². The maximum absolute atomic E-state index is 4.32. The minimum absolute atomic E-state index is 0.796. The Balaban J connectivity index is 2.05. The molecule has 85 valence electrons. The minimum Gasteiger partial charge on any atom is -0.264 e. The van der Waals surface area contributed by atoms with Gasteiger partial charge < -0.3 is 0 Å². The second-order valence-electron chi connectivity index (χ2n) is 3.82. The highest BCUT2D eigenvalue weighted by Gasteiger charge is 2.03. The molecule has 0 aromatic carbocycles. The number of rotatable bonds is 2. The van der Waals surface area contributed by atoms with Crippen LogP contribution in [0.3, 0.4) is 0 Å². The third-order valence-corrected chi connectivity index (χ3v) is 2.61. The van der Waals surface area contributed by atoms with Gasteiger partial charge in [-0.15, -0.1) is 0 Å². The van der Waals surface area contributed by atoms with Gasteiger partial charge in [-0.3, -0.25) is 15.0 Å². The molecule has 0 aliphatic rings. The first-order chi connectivity index (χ1) is 8.93. The molecule has 0 fully saturated rings. The number of hydrogen-bond acceptors (Lipinski definition) is 3. The first-order valence-electron chi connectivity index (χ1n) is 5.62. The van der Waals surface area contributed by atoms with Gasteiger partial charge in [0.1, 0.15) is 0 Å². The van der Waals surface area contributed by atoms with Crippen molar-refractivity contribution in [2.24, 2.45) is 0 Å². The summed E-state index contributed by atoms with van der Waals surface area (Å²) in [5.41, 5.74) is 3.77. The monoisotopic (exact) mass is 232 g/mol. The molecule has 0 spiro atoms. The molecule has 0 bridgehead atoms. The molecule has 3 aromatic rings. The van der Waals surface area contributed by atoms with Crippen molar-refractivity contribution in [3.8, 4) is 22.4 Å². The first kappa shape index (κ1) is 10.6. The molecule has 3 nitrogen and oxygen atoms in total. The first-order valence-corrected chi connectivity index (χ1v) is 5.62. The van der Waals surface area contributed by atoms with E-state index in [-0.39, 0.29) is 0 Å². The van der Waals surface area contributed by atoms with E-state index in [1.807, 2.05) is 36.5 Å². The molecule has 1 radical (unpaired) electrons. The fraction of sp³-hybridized carbons (Fsp3) is 0. The van der Waals surface area contributed by atoms with Gasteiger partial charge in [-0.1, -0.05) is 6.07 Å². The summed E-state index contributed by atoms with van der Waals surface area (Å²) in [7, 11) is 0. The summed E-state index contributed by atoms with van der Waals surface area (Å²) in [6.45, 7) is 0. The molecule has 0 atom stereocenters. The van der Waals surface area contributed by atoms with Crippen LogP contribution in [0.15, 0.2) is 61.3 Å². The van der Waals surface area contributed by atoms with Gasteiger partial charge in [0.2, 0.25) is 0 Å². The smallest absolute Gasteiger partial charge is 0.0803 e. The van der Waals surface area contributed by atoms with Crippen molar-refractivity contribution in [1.29, 1.82) is 0 Å². The Kier molecular flexibility index (Phi) is 2.80. The Hall–Kier alpha value is -2.55. The predicted molar refractivity (Wildman–Crippen MR) is 69.5 cm³/mol. The van der Waals surface area contributed by atoms with Crippen LogP contribution in [0, 0.1) is 6.07 Å². The van der Waals surface area contributed by atoms with E-state index in [1.54, 1.807) is 24.8 Å². The van der Waals surface area contributed by atoms with Gasteiger partial charge >= 0.3 is 0 Å². The highest BCUT2D eigenvalue weighted by atomic mass is 14.7. The average molecular weight is 232 g/mol. The Morgan fingerprint density at radius 3 is 2.17 bits per heavy atom. The normalized spacial score (nSPS) is 10.2. The zero-order valence-electron chi connectivity index (χ0n) is 9.62. The average Bonchev–Trinajstić information content (AvgIpc) is 2.49. The lowest BCUT2D eigenvalue weighted by molar-refractivity contribution is 1.27. The van der Waals surface area contributed by atoms with Crippen LogP contribution < -0.4 is 0 Å². The van der Waals surface area contributed by atoms with E-state index >= 15 is 0 Å². The molecular weight excluding hydrogens is 222 g/mol. The van der Waals surface area contributed by atoms with E-state index < -0.39 is 0 Å². The van der Waals surface area contributed by atoms with E-state index in [2.05, 4.69) is 21.0 Å². The van der Waals surface area contributed by atoms with Crippen LogP contribution >= 0.6 is 0 Å². The molecule has 0 unspecified atom stereocenters. The predicted octanol–water partition coefficient (Wildman–Crippen LogP) is 3.01. The molecule has 3 rings (SSSR count). The number of aromatic nitrogens is 3. The molecule has 0 saturated carbocycles. The summed E-state index contributed by atoms with van der Waals surface area (Å²) in [5, 5.41) is 0. The summed E-state index contributed by atoms with van der Waals surface area (Å²) in [4.78, 5) is 12.5. The molecular formula is C15H10N3. The molecule has 0 aliphatic carbocycles. The van der Waals surface area contributed by atoms with Gasteiger partial charge in [0.15, 0.2) is 0 Å². The maximum Gasteiger partial charge on any atom is 0.0803 e. The second-order valence-corrected chi connectivity index (χ2v) is 3.82. The second kappa shape index (κ2) is 4.75. The van der Waals surface area contributed by atoms with Crippen LogP contribution in [0.2, 0.25) is 0 Å². The van der Waals surface area contributed by atoms with Gasteiger partial charge in [0, 0.05) is 48.2 Å². The Morgan fingerprint density at radius 2 is 1.50 bits per heavy atom. The molecule has 3 aromatic heterocycles. The zero-order valence-corrected chi connectivity index (χ0v) is 9.62. The van der Waals surface area contributed by atoms with Gasteiger partial charge in [-0.2, -0.15) is 0 Å². The van der Waals surface area contributed by atoms with Crippen LogP contribution in [0.25, 0.3) is 22.4 Å². The highest BCUT2D eigenvalue weighted by Crippen LogP contribution is 2.22. The Bertz CT molecular complexity index is 581. The van der Waals surface area contributed by atoms with Crippen LogP contribution in [-0.2, 0) is 0 Å². The van der Waals surface area contributed by atoms with E-state index in [1.165, 1.54) is 0 Å². The number of pyridine rings is 3. The number of hydrogen-bond donors (Lipinski definition) is 0. The van der Waals surface area contributed by atoms with Crippen molar-refractivity contribution >= 4 is 0 Å². The summed E-state index contributed by atoms with van der Waals surface area (Å²) in [6.07, 6.45) is 8.88. The summed E-state index contributed by atoms with van der Waals surface area (Å²) < 4.78 is 0. The molecule has 0 saturated heterocycles. The van der Waals surface area contributed by atoms with Crippen molar-refractivity contribution in [2.75, 3.05) is 0 Å². The quantitative estimate of drug-likeness (QED) is 0.681. The largest absolute Gasteiger partial charge is 0.264 e. The molecule has 3 heterocycles. The van der Waals surface area contributed by atoms with Crippen molar-refractivity contribution in [3.05, 3.63) is 67.4 Å². The van der Waals surface area contributed by atoms with Crippen LogP contribution in [0.5, 0.6) is 0 Å². The Labute approximate surface area is 105 Å². The lowest BCUT2D eigenvalue weighted by Crippen LogP contribution is -1.87. The SMILES string of the molecule is [c]1c(-c2cccnc2)ccnc1-c1cccnc1. The topological polar surface area (TPSA) is 38.7 Å². The minimum atomic E-state index is 0.796. The Morgan fingerprint density at radius 1 is 0.778 bits per heavy atom. The van der Waals surface area contributed by atoms with Gasteiger partial charge in [0.05, 0.1) is 5.69 Å². The van der Waals surface area contributed by atoms with Crippen LogP contribution in [-0.4, -0.2) is 15.0 Å². The fourth-order valence-electron chi connectivity index (χ4n) is 1.73. The summed E-state index contributed by atoms with van der Waals surface area (Å²) in [5.74, 6) is 0. The van der Waals surface area contributed by atoms with Gasteiger partial charge in [-0.25, -0.2) is 0 Å². The van der Waals surface area contributed by atoms with Gasteiger partial charge in [0.25, 0.3) is 0 Å². The summed E-state index contributed by atoms with van der Waals surface area (Å²) in [6, 6.07) is 13.0. The molecule has 18 heavy (non-hydrogen) atoms. The van der Waals surface area contributed by atoms with E-state index in [0.29, 0.717) is 0 Å². The van der Waals surface area contributed by atoms with E-state index in [4.69, 9.17) is 0 Å². The van der Waals surface area contributed by atoms with Crippen molar-refractivity contribution in [2.45, 2.75) is 0 Å². The summed E-state index contributed by atoms with van der Waals surface area (Å²) >= 11 is 0. The number of nitrogens with zero attached hydrogens (tertiary/aromatic N) is 3. The molecule has 0 amide bonds. The highest BCUT2D eigenvalue weighted by molar-refractivity contribution is 5.68. The molecule has 0 N–H and O–H groups in total. The molecule has 3 heteroatoms. The van der Waals surface area contributed by atoms with E-state index in [9.17, 15) is 0 Å². The van der Waals surface area contributed by atoms with Gasteiger partial charge in [-0.05, 0) is 29.8 Å². The lowest BCUT2D eigenvalue weighted by atomic mass is 10.1.